The Morgan fingerprint density at radius 2 is 0.953 bits per heavy atom. The molecule has 0 aliphatic rings. The topological polar surface area (TPSA) is 211 Å². The van der Waals surface area contributed by atoms with Gasteiger partial charge in [-0.2, -0.15) is 11.8 Å². The average molecular weight is 928 g/mol. The van der Waals surface area contributed by atoms with Crippen LogP contribution in [0.25, 0.3) is 0 Å². The van der Waals surface area contributed by atoms with Crippen LogP contribution in [0.1, 0.15) is 239 Å². The Hall–Kier alpha value is -2.87. The van der Waals surface area contributed by atoms with Crippen LogP contribution in [0.5, 0.6) is 0 Å². The minimum absolute atomic E-state index is 0.0252. The van der Waals surface area contributed by atoms with Crippen LogP contribution in [0.2, 0.25) is 0 Å². The summed E-state index contributed by atoms with van der Waals surface area (Å²) in [6.07, 6.45) is 34.1. The Morgan fingerprint density at radius 3 is 1.41 bits per heavy atom. The van der Waals surface area contributed by atoms with Gasteiger partial charge in [0.15, 0.2) is 0 Å². The molecule has 0 rings (SSSR count). The molecule has 0 heterocycles. The molecule has 0 aromatic heterocycles. The standard InChI is InChI=1S/C50H93N3O10S/c1-3-5-7-9-11-13-15-17-19-21-23-25-30-34-47(57)62-39-42(63-48(58)35-31-26-24-22-20-18-16-14-12-10-8-6-4-2)40-64-41-43(51)49(59)52-38-32-28-27-29-33-45(54)53-44(50(60)61)36-37-46(55)56/h42-44H,3-41,51H2,1-2H3,(H,52,59)(H,53,54)(H,55,56)(H,60,61)/t42-,43+,44+/m1/s1. The van der Waals surface area contributed by atoms with E-state index in [4.69, 9.17) is 20.3 Å². The summed E-state index contributed by atoms with van der Waals surface area (Å²) in [4.78, 5) is 72.3. The monoisotopic (exact) mass is 928 g/mol. The molecule has 6 N–H and O–H groups in total. The second-order valence-electron chi connectivity index (χ2n) is 17.8. The van der Waals surface area contributed by atoms with Gasteiger partial charge in [-0.1, -0.05) is 181 Å². The van der Waals surface area contributed by atoms with Crippen LogP contribution < -0.4 is 16.4 Å². The zero-order valence-corrected chi connectivity index (χ0v) is 41.3. The lowest BCUT2D eigenvalue weighted by Crippen LogP contribution is -2.43. The van der Waals surface area contributed by atoms with Gasteiger partial charge in [-0.3, -0.25) is 24.0 Å². The van der Waals surface area contributed by atoms with E-state index in [1.165, 1.54) is 140 Å². The summed E-state index contributed by atoms with van der Waals surface area (Å²) in [5, 5.41) is 23.2. The Bertz CT molecular complexity index is 1190. The van der Waals surface area contributed by atoms with Crippen LogP contribution in [-0.4, -0.2) is 88.7 Å². The SMILES string of the molecule is CCCCCCCCCCCCCCCC(=O)OC[C@H](CSC[C@H](N)C(=O)NCCCCCCC(=O)N[C@@H](CCC(=O)O)C(=O)O)OC(=O)CCCCCCCCCCCCCCC. The Balaban J connectivity index is 4.55. The number of ether oxygens (including phenoxy) is 2. The van der Waals surface area contributed by atoms with Crippen molar-refractivity contribution in [2.24, 2.45) is 5.73 Å². The third-order valence-corrected chi connectivity index (χ3v) is 12.7. The molecule has 0 saturated heterocycles. The highest BCUT2D eigenvalue weighted by atomic mass is 32.2. The molecule has 0 bridgehead atoms. The smallest absolute Gasteiger partial charge is 0.326 e. The lowest BCUT2D eigenvalue weighted by molar-refractivity contribution is -0.157. The number of carboxylic acid groups (broad SMARTS) is 2. The predicted octanol–water partition coefficient (Wildman–Crippen LogP) is 11.0. The summed E-state index contributed by atoms with van der Waals surface area (Å²) < 4.78 is 11.4. The minimum atomic E-state index is -1.27. The van der Waals surface area contributed by atoms with Gasteiger partial charge in [0.2, 0.25) is 11.8 Å². The van der Waals surface area contributed by atoms with Crippen LogP contribution in [-0.2, 0) is 38.2 Å². The van der Waals surface area contributed by atoms with E-state index in [-0.39, 0.29) is 43.7 Å². The quantitative estimate of drug-likeness (QED) is 0.0285. The fraction of sp³-hybridized carbons (Fsp3) is 0.880. The summed E-state index contributed by atoms with van der Waals surface area (Å²) in [5.74, 6) is -3.08. The number of aliphatic carboxylic acids is 2. The lowest BCUT2D eigenvalue weighted by atomic mass is 10.0. The number of rotatable bonds is 48. The molecule has 0 unspecified atom stereocenters. The van der Waals surface area contributed by atoms with Crippen molar-refractivity contribution in [2.75, 3.05) is 24.7 Å². The van der Waals surface area contributed by atoms with Crippen LogP contribution in [0.4, 0.5) is 0 Å². The first-order chi connectivity index (χ1) is 31.0. The molecule has 0 aromatic carbocycles. The number of nitrogens with two attached hydrogens (primary N) is 1. The number of carboxylic acids is 2. The first-order valence-corrected chi connectivity index (χ1v) is 26.9. The van der Waals surface area contributed by atoms with Gasteiger partial charge in [-0.15, -0.1) is 0 Å². The molecule has 0 saturated carbocycles. The highest BCUT2D eigenvalue weighted by Gasteiger charge is 2.22. The van der Waals surface area contributed by atoms with Crippen molar-refractivity contribution in [1.29, 1.82) is 0 Å². The molecular formula is C50H93N3O10S. The first-order valence-electron chi connectivity index (χ1n) is 25.7. The van der Waals surface area contributed by atoms with E-state index >= 15 is 0 Å². The fourth-order valence-corrected chi connectivity index (χ4v) is 8.46. The molecule has 0 radical (unpaired) electrons. The van der Waals surface area contributed by atoms with Crippen LogP contribution in [0.3, 0.4) is 0 Å². The number of carbonyl (C=O) groups is 6. The maximum absolute atomic E-state index is 12.9. The number of amides is 2. The normalized spacial score (nSPS) is 12.6. The molecule has 64 heavy (non-hydrogen) atoms. The maximum atomic E-state index is 12.9. The van der Waals surface area contributed by atoms with Crippen molar-refractivity contribution in [1.82, 2.24) is 10.6 Å². The molecule has 2 amide bonds. The molecule has 3 atom stereocenters. The average Bonchev–Trinajstić information content (AvgIpc) is 3.26. The van der Waals surface area contributed by atoms with E-state index in [0.717, 1.165) is 44.9 Å². The van der Waals surface area contributed by atoms with E-state index in [1.54, 1.807) is 0 Å². The zero-order valence-electron chi connectivity index (χ0n) is 40.5. The molecule has 0 aliphatic carbocycles. The van der Waals surface area contributed by atoms with Gasteiger partial charge >= 0.3 is 23.9 Å². The minimum Gasteiger partial charge on any atom is -0.481 e. The third-order valence-electron chi connectivity index (χ3n) is 11.5. The zero-order chi connectivity index (χ0) is 47.3. The van der Waals surface area contributed by atoms with E-state index in [0.29, 0.717) is 50.2 Å². The van der Waals surface area contributed by atoms with Crippen molar-refractivity contribution in [3.8, 4) is 0 Å². The second kappa shape index (κ2) is 45.3. The molecule has 0 aromatic rings. The predicted molar refractivity (Wildman–Crippen MR) is 259 cm³/mol. The summed E-state index contributed by atoms with van der Waals surface area (Å²) in [5.41, 5.74) is 6.18. The van der Waals surface area contributed by atoms with E-state index < -0.39 is 36.0 Å². The maximum Gasteiger partial charge on any atom is 0.326 e. The molecule has 0 fully saturated rings. The number of esters is 2. The molecule has 374 valence electrons. The van der Waals surface area contributed by atoms with Crippen molar-refractivity contribution < 1.29 is 48.5 Å². The van der Waals surface area contributed by atoms with Gasteiger partial charge in [-0.25, -0.2) is 4.79 Å². The van der Waals surface area contributed by atoms with Gasteiger partial charge in [0.1, 0.15) is 18.8 Å². The van der Waals surface area contributed by atoms with Gasteiger partial charge < -0.3 is 36.1 Å². The number of hydrogen-bond donors (Lipinski definition) is 5. The Morgan fingerprint density at radius 1 is 0.531 bits per heavy atom. The highest BCUT2D eigenvalue weighted by Crippen LogP contribution is 2.16. The van der Waals surface area contributed by atoms with Gasteiger partial charge in [0, 0.05) is 43.7 Å². The van der Waals surface area contributed by atoms with Crippen LogP contribution in [0, 0.1) is 0 Å². The van der Waals surface area contributed by atoms with Crippen LogP contribution in [0.15, 0.2) is 0 Å². The summed E-state index contributed by atoms with van der Waals surface area (Å²) in [6.45, 7) is 4.88. The fourth-order valence-electron chi connectivity index (χ4n) is 7.49. The molecule has 0 aliphatic heterocycles. The van der Waals surface area contributed by atoms with Crippen molar-refractivity contribution in [2.45, 2.75) is 257 Å². The first kappa shape index (κ1) is 61.1. The molecule has 13 nitrogen and oxygen atoms in total. The van der Waals surface area contributed by atoms with Crippen molar-refractivity contribution in [3.05, 3.63) is 0 Å². The number of carbonyl (C=O) groups excluding carboxylic acids is 4. The van der Waals surface area contributed by atoms with Gasteiger partial charge in [0.05, 0.1) is 6.04 Å². The lowest BCUT2D eigenvalue weighted by Gasteiger charge is -2.19. The molecule has 0 spiro atoms. The van der Waals surface area contributed by atoms with E-state index in [1.807, 2.05) is 0 Å². The van der Waals surface area contributed by atoms with E-state index in [9.17, 15) is 33.9 Å². The van der Waals surface area contributed by atoms with Gasteiger partial charge in [-0.05, 0) is 32.1 Å². The van der Waals surface area contributed by atoms with Crippen molar-refractivity contribution >= 4 is 47.5 Å². The number of unbranched alkanes of at least 4 members (excludes halogenated alkanes) is 27. The summed E-state index contributed by atoms with van der Waals surface area (Å²) in [6, 6.07) is -2.01. The summed E-state index contributed by atoms with van der Waals surface area (Å²) >= 11 is 1.38. The highest BCUT2D eigenvalue weighted by molar-refractivity contribution is 7.99. The number of nitrogens with one attached hydrogen (secondary N) is 2. The third kappa shape index (κ3) is 41.8. The van der Waals surface area contributed by atoms with Crippen molar-refractivity contribution in [3.63, 3.8) is 0 Å². The summed E-state index contributed by atoms with van der Waals surface area (Å²) in [7, 11) is 0. The molecular weight excluding hydrogens is 835 g/mol. The van der Waals surface area contributed by atoms with E-state index in [2.05, 4.69) is 24.5 Å². The number of thioether (sulfide) groups is 1. The Labute approximate surface area is 392 Å². The van der Waals surface area contributed by atoms with Crippen LogP contribution >= 0.6 is 11.8 Å². The largest absolute Gasteiger partial charge is 0.481 e. The van der Waals surface area contributed by atoms with Gasteiger partial charge in [0.25, 0.3) is 0 Å². The number of hydrogen-bond acceptors (Lipinski definition) is 10. The Kier molecular flexibility index (Phi) is 43.3. The second-order valence-corrected chi connectivity index (χ2v) is 18.8. The molecule has 14 heteroatoms.